The lowest BCUT2D eigenvalue weighted by atomic mass is 10.4. The van der Waals surface area contributed by atoms with Crippen LogP contribution in [0.3, 0.4) is 0 Å². The van der Waals surface area contributed by atoms with E-state index in [4.69, 9.17) is 0 Å². The molecule has 0 rings (SSSR count). The van der Waals surface area contributed by atoms with E-state index in [-0.39, 0.29) is 0 Å². The van der Waals surface area contributed by atoms with Crippen LogP contribution in [0.25, 0.3) is 0 Å². The Morgan fingerprint density at radius 1 is 1.62 bits per heavy atom. The molecule has 0 fully saturated rings. The van der Waals surface area contributed by atoms with E-state index in [1.807, 2.05) is 19.3 Å². The number of hydrogen-bond acceptors (Lipinski definition) is 2. The highest BCUT2D eigenvalue weighted by molar-refractivity contribution is 7.99. The molecule has 1 atom stereocenters. The fourth-order valence-corrected chi connectivity index (χ4v) is 0.528. The van der Waals surface area contributed by atoms with E-state index >= 15 is 0 Å². The minimum Gasteiger partial charge on any atom is -0.299 e. The van der Waals surface area contributed by atoms with Gasteiger partial charge >= 0.3 is 0 Å². The lowest BCUT2D eigenvalue weighted by Crippen LogP contribution is -1.85. The third-order valence-electron chi connectivity index (χ3n) is 0.832. The van der Waals surface area contributed by atoms with Crippen molar-refractivity contribution in [2.45, 2.75) is 12.2 Å². The summed E-state index contributed by atoms with van der Waals surface area (Å²) in [6.07, 6.45) is 6.21. The summed E-state index contributed by atoms with van der Waals surface area (Å²) in [6, 6.07) is 0. The maximum Gasteiger partial charge on any atom is 0.142 e. The first-order chi connectivity index (χ1) is 3.81. The number of aldehydes is 1. The predicted molar refractivity (Wildman–Crippen MR) is 38.2 cm³/mol. The van der Waals surface area contributed by atoms with Crippen molar-refractivity contribution in [1.82, 2.24) is 0 Å². The van der Waals surface area contributed by atoms with E-state index in [0.717, 1.165) is 6.29 Å². The zero-order valence-corrected chi connectivity index (χ0v) is 5.94. The fraction of sp³-hybridized carbons (Fsp3) is 0.500. The molecule has 0 aromatic heterocycles. The molecular formula is C6H10OS. The van der Waals surface area contributed by atoms with Crippen LogP contribution in [0, 0.1) is 0 Å². The Balaban J connectivity index is 3.35. The highest BCUT2D eigenvalue weighted by Gasteiger charge is 1.87. The Morgan fingerprint density at radius 3 is 2.62 bits per heavy atom. The fourth-order valence-electron chi connectivity index (χ4n) is 0.280. The van der Waals surface area contributed by atoms with Gasteiger partial charge in [0.2, 0.25) is 0 Å². The van der Waals surface area contributed by atoms with Gasteiger partial charge < -0.3 is 0 Å². The molecule has 0 bridgehead atoms. The van der Waals surface area contributed by atoms with Crippen molar-refractivity contribution in [3.05, 3.63) is 12.2 Å². The second-order valence-electron chi connectivity index (χ2n) is 1.46. The normalized spacial score (nSPS) is 14.2. The summed E-state index contributed by atoms with van der Waals surface area (Å²) < 4.78 is 0. The second-order valence-corrected chi connectivity index (χ2v) is 2.68. The van der Waals surface area contributed by atoms with Gasteiger partial charge in [-0.1, -0.05) is 6.08 Å². The van der Waals surface area contributed by atoms with Crippen molar-refractivity contribution in [3.8, 4) is 0 Å². The van der Waals surface area contributed by atoms with Crippen molar-refractivity contribution < 1.29 is 4.79 Å². The van der Waals surface area contributed by atoms with Crippen LogP contribution >= 0.6 is 11.8 Å². The standard InChI is InChI=1S/C6H10OS/c1-6(8-2)4-3-5-7/h3-6H,1-2H3/b4-3+. The van der Waals surface area contributed by atoms with Crippen LogP contribution in [-0.2, 0) is 4.79 Å². The zero-order chi connectivity index (χ0) is 6.41. The van der Waals surface area contributed by atoms with Crippen LogP contribution < -0.4 is 0 Å². The second kappa shape index (κ2) is 4.91. The Morgan fingerprint density at radius 2 is 2.25 bits per heavy atom. The summed E-state index contributed by atoms with van der Waals surface area (Å²) in [5.41, 5.74) is 0. The van der Waals surface area contributed by atoms with Gasteiger partial charge in [-0.2, -0.15) is 11.8 Å². The first-order valence-electron chi connectivity index (χ1n) is 2.46. The van der Waals surface area contributed by atoms with E-state index in [0.29, 0.717) is 5.25 Å². The molecule has 46 valence electrons. The summed E-state index contributed by atoms with van der Waals surface area (Å²) >= 11 is 1.72. The molecule has 0 aromatic carbocycles. The minimum absolute atomic E-state index is 0.459. The van der Waals surface area contributed by atoms with Gasteiger partial charge in [-0.3, -0.25) is 4.79 Å². The maximum absolute atomic E-state index is 9.73. The molecule has 8 heavy (non-hydrogen) atoms. The lowest BCUT2D eigenvalue weighted by Gasteiger charge is -1.95. The van der Waals surface area contributed by atoms with E-state index in [1.165, 1.54) is 6.08 Å². The summed E-state index contributed by atoms with van der Waals surface area (Å²) in [4.78, 5) is 9.73. The number of thioether (sulfide) groups is 1. The molecule has 0 heterocycles. The Hall–Kier alpha value is -0.240. The number of hydrogen-bond donors (Lipinski definition) is 0. The van der Waals surface area contributed by atoms with Crippen LogP contribution in [0.15, 0.2) is 12.2 Å². The van der Waals surface area contributed by atoms with Crippen molar-refractivity contribution in [1.29, 1.82) is 0 Å². The van der Waals surface area contributed by atoms with E-state index in [1.54, 1.807) is 11.8 Å². The van der Waals surface area contributed by atoms with Gasteiger partial charge in [0.05, 0.1) is 0 Å². The van der Waals surface area contributed by atoms with Gasteiger partial charge in [0.15, 0.2) is 0 Å². The van der Waals surface area contributed by atoms with Crippen LogP contribution in [0.5, 0.6) is 0 Å². The van der Waals surface area contributed by atoms with Gasteiger partial charge in [0.25, 0.3) is 0 Å². The monoisotopic (exact) mass is 130 g/mol. The Bertz CT molecular complexity index is 88.5. The van der Waals surface area contributed by atoms with Crippen LogP contribution in [0.1, 0.15) is 6.92 Å². The molecule has 0 aromatic rings. The molecule has 0 saturated heterocycles. The van der Waals surface area contributed by atoms with Crippen molar-refractivity contribution >= 4 is 18.0 Å². The molecule has 0 radical (unpaired) electrons. The molecule has 0 amide bonds. The number of rotatable bonds is 3. The number of allylic oxidation sites excluding steroid dienone is 1. The molecule has 0 spiro atoms. The molecule has 0 saturated carbocycles. The predicted octanol–water partition coefficient (Wildman–Crippen LogP) is 1.49. The van der Waals surface area contributed by atoms with Crippen molar-refractivity contribution in [2.75, 3.05) is 6.26 Å². The number of carbonyl (C=O) groups excluding carboxylic acids is 1. The molecule has 1 unspecified atom stereocenters. The zero-order valence-electron chi connectivity index (χ0n) is 5.13. The van der Waals surface area contributed by atoms with Gasteiger partial charge in [-0.15, -0.1) is 0 Å². The van der Waals surface area contributed by atoms with Crippen molar-refractivity contribution in [3.63, 3.8) is 0 Å². The maximum atomic E-state index is 9.73. The average molecular weight is 130 g/mol. The smallest absolute Gasteiger partial charge is 0.142 e. The van der Waals surface area contributed by atoms with Crippen LogP contribution in [0.2, 0.25) is 0 Å². The quantitative estimate of drug-likeness (QED) is 0.425. The molecule has 2 heteroatoms. The molecule has 1 nitrogen and oxygen atoms in total. The SMILES string of the molecule is CSC(C)/C=C/C=O. The topological polar surface area (TPSA) is 17.1 Å². The molecule has 0 aliphatic rings. The van der Waals surface area contributed by atoms with E-state index < -0.39 is 0 Å². The van der Waals surface area contributed by atoms with Gasteiger partial charge in [0.1, 0.15) is 6.29 Å². The summed E-state index contributed by atoms with van der Waals surface area (Å²) in [7, 11) is 0. The van der Waals surface area contributed by atoms with Gasteiger partial charge in [-0.25, -0.2) is 0 Å². The Kier molecular flexibility index (Phi) is 4.76. The van der Waals surface area contributed by atoms with Crippen LogP contribution in [0.4, 0.5) is 0 Å². The molecule has 0 aliphatic heterocycles. The third kappa shape index (κ3) is 3.93. The number of carbonyl (C=O) groups is 1. The Labute approximate surface area is 54.2 Å². The lowest BCUT2D eigenvalue weighted by molar-refractivity contribution is -0.104. The average Bonchev–Trinajstić information content (AvgIpc) is 1.83. The summed E-state index contributed by atoms with van der Waals surface area (Å²) in [5, 5.41) is 0.459. The van der Waals surface area contributed by atoms with Crippen LogP contribution in [-0.4, -0.2) is 17.8 Å². The van der Waals surface area contributed by atoms with Gasteiger partial charge in [0, 0.05) is 5.25 Å². The first kappa shape index (κ1) is 7.76. The first-order valence-corrected chi connectivity index (χ1v) is 3.74. The largest absolute Gasteiger partial charge is 0.299 e. The highest BCUT2D eigenvalue weighted by atomic mass is 32.2. The summed E-state index contributed by atoms with van der Waals surface area (Å²) in [6.45, 7) is 2.05. The third-order valence-corrected chi connectivity index (χ3v) is 1.73. The van der Waals surface area contributed by atoms with E-state index in [9.17, 15) is 4.79 Å². The van der Waals surface area contributed by atoms with Crippen molar-refractivity contribution in [2.24, 2.45) is 0 Å². The molecule has 0 aliphatic carbocycles. The highest BCUT2D eigenvalue weighted by Crippen LogP contribution is 2.04. The summed E-state index contributed by atoms with van der Waals surface area (Å²) in [5.74, 6) is 0. The van der Waals surface area contributed by atoms with Gasteiger partial charge in [-0.05, 0) is 19.3 Å². The minimum atomic E-state index is 0.459. The molecular weight excluding hydrogens is 120 g/mol. The van der Waals surface area contributed by atoms with E-state index in [2.05, 4.69) is 0 Å². The molecule has 0 N–H and O–H groups in total.